The van der Waals surface area contributed by atoms with Crippen molar-refractivity contribution in [2.24, 2.45) is 0 Å². The number of halogens is 8. The van der Waals surface area contributed by atoms with Gasteiger partial charge in [-0.2, -0.15) is 35.3 Å². The predicted molar refractivity (Wildman–Crippen MR) is 107 cm³/mol. The van der Waals surface area contributed by atoms with Crippen LogP contribution in [0.1, 0.15) is 47.9 Å². The molecule has 37 heavy (non-hydrogen) atoms. The summed E-state index contributed by atoms with van der Waals surface area (Å²) in [6.45, 7) is 3.64. The first-order valence-corrected chi connectivity index (χ1v) is 11.0. The largest absolute Gasteiger partial charge is 0.437 e. The Labute approximate surface area is 202 Å². The Bertz CT molecular complexity index is 1720. The van der Waals surface area contributed by atoms with E-state index in [9.17, 15) is 30.7 Å². The highest BCUT2D eigenvalue weighted by Gasteiger charge is 2.75. The summed E-state index contributed by atoms with van der Waals surface area (Å²) in [7, 11) is 0. The summed E-state index contributed by atoms with van der Waals surface area (Å²) in [6, 6.07) is 10.0. The molecule has 3 aliphatic heterocycles. The van der Waals surface area contributed by atoms with Crippen LogP contribution in [0, 0.1) is 11.8 Å². The first-order chi connectivity index (χ1) is 17.2. The third-order valence-corrected chi connectivity index (χ3v) is 7.42. The molecule has 4 aromatic heterocycles. The minimum absolute atomic E-state index is 0.0766. The Morgan fingerprint density at radius 2 is 1.51 bits per heavy atom. The Balaban J connectivity index is 1.75. The van der Waals surface area contributed by atoms with Gasteiger partial charge in [0.25, 0.3) is 5.69 Å². The minimum atomic E-state index is -5.40. The Morgan fingerprint density at radius 1 is 0.865 bits per heavy atom. The van der Waals surface area contributed by atoms with E-state index in [0.717, 1.165) is 10.7 Å². The SMILES string of the molecule is CC1(C)c2cccc3[n+]2[C@]2(c4nc(F)c(C(F)(F)F)c(F)c4-3)c3cc(C(F)(F)F)nn3-c3cccc1[n+]32. The maximum Gasteiger partial charge on any atom is 0.437 e. The van der Waals surface area contributed by atoms with Crippen LogP contribution in [0.5, 0.6) is 0 Å². The van der Waals surface area contributed by atoms with Gasteiger partial charge in [0.1, 0.15) is 22.2 Å². The molecule has 0 amide bonds. The Morgan fingerprint density at radius 3 is 2.16 bits per heavy atom. The lowest BCUT2D eigenvalue weighted by molar-refractivity contribution is -0.973. The molecular weight excluding hydrogens is 510 g/mol. The van der Waals surface area contributed by atoms with E-state index >= 15 is 4.39 Å². The van der Waals surface area contributed by atoms with E-state index in [2.05, 4.69) is 10.1 Å². The molecular formula is C24H13F8N5+2. The highest BCUT2D eigenvalue weighted by atomic mass is 19.4. The Kier molecular flexibility index (Phi) is 3.70. The lowest BCUT2D eigenvalue weighted by atomic mass is 9.80. The van der Waals surface area contributed by atoms with E-state index < -0.39 is 57.7 Å². The van der Waals surface area contributed by atoms with E-state index in [4.69, 9.17) is 0 Å². The van der Waals surface area contributed by atoms with Crippen molar-refractivity contribution in [2.75, 3.05) is 0 Å². The number of nitrogens with zero attached hydrogens (tertiary/aromatic N) is 5. The van der Waals surface area contributed by atoms with Crippen LogP contribution in [0.4, 0.5) is 35.1 Å². The van der Waals surface area contributed by atoms with Gasteiger partial charge in [0, 0.05) is 24.3 Å². The monoisotopic (exact) mass is 523 g/mol. The number of hydrogen-bond acceptors (Lipinski definition) is 2. The molecule has 13 heteroatoms. The van der Waals surface area contributed by atoms with E-state index in [1.807, 2.05) is 13.8 Å². The maximum absolute atomic E-state index is 15.7. The molecule has 5 nitrogen and oxygen atoms in total. The van der Waals surface area contributed by atoms with E-state index in [-0.39, 0.29) is 17.2 Å². The van der Waals surface area contributed by atoms with Gasteiger partial charge in [-0.3, -0.25) is 0 Å². The summed E-state index contributed by atoms with van der Waals surface area (Å²) in [5.41, 5.74) is -6.61. The third kappa shape index (κ3) is 2.31. The van der Waals surface area contributed by atoms with Gasteiger partial charge < -0.3 is 0 Å². The lowest BCUT2D eigenvalue weighted by Crippen LogP contribution is -2.79. The second-order valence-corrected chi connectivity index (χ2v) is 9.67. The molecule has 0 fully saturated rings. The van der Waals surface area contributed by atoms with Crippen molar-refractivity contribution in [1.29, 1.82) is 0 Å². The topological polar surface area (TPSA) is 38.5 Å². The van der Waals surface area contributed by atoms with Gasteiger partial charge in [0.05, 0.1) is 0 Å². The number of pyridine rings is 3. The normalized spacial score (nSPS) is 19.9. The second-order valence-electron chi connectivity index (χ2n) is 9.67. The fraction of sp³-hybridized carbons (Fsp3) is 0.250. The molecule has 0 bridgehead atoms. The molecule has 1 atom stereocenters. The summed E-state index contributed by atoms with van der Waals surface area (Å²) in [4.78, 5) is 3.63. The average Bonchev–Trinajstić information content (AvgIpc) is 3.42. The first-order valence-electron chi connectivity index (χ1n) is 11.0. The van der Waals surface area contributed by atoms with Gasteiger partial charge in [0.15, 0.2) is 17.2 Å². The van der Waals surface area contributed by atoms with Gasteiger partial charge in [0.2, 0.25) is 17.3 Å². The van der Waals surface area contributed by atoms with Crippen LogP contribution in [0.25, 0.3) is 17.1 Å². The highest BCUT2D eigenvalue weighted by Crippen LogP contribution is 2.51. The zero-order chi connectivity index (χ0) is 26.4. The third-order valence-electron chi connectivity index (χ3n) is 7.42. The van der Waals surface area contributed by atoms with Crippen molar-refractivity contribution in [3.63, 3.8) is 0 Å². The highest BCUT2D eigenvalue weighted by molar-refractivity contribution is 5.68. The minimum Gasteiger partial charge on any atom is -0.210 e. The number of hydrogen-bond donors (Lipinski definition) is 0. The molecule has 0 aliphatic carbocycles. The molecule has 0 N–H and O–H groups in total. The van der Waals surface area contributed by atoms with Crippen molar-refractivity contribution in [3.05, 3.63) is 88.3 Å². The average molecular weight is 523 g/mol. The van der Waals surface area contributed by atoms with Crippen molar-refractivity contribution in [2.45, 2.75) is 37.3 Å². The van der Waals surface area contributed by atoms with Crippen LogP contribution in [0.3, 0.4) is 0 Å². The summed E-state index contributed by atoms with van der Waals surface area (Å²) >= 11 is 0. The molecule has 0 saturated carbocycles. The maximum atomic E-state index is 15.7. The fourth-order valence-corrected chi connectivity index (χ4v) is 6.02. The molecule has 7 heterocycles. The second kappa shape index (κ2) is 6.14. The zero-order valence-corrected chi connectivity index (χ0v) is 18.8. The molecule has 0 unspecified atom stereocenters. The van der Waals surface area contributed by atoms with Gasteiger partial charge >= 0.3 is 23.8 Å². The van der Waals surface area contributed by atoms with Crippen molar-refractivity contribution in [1.82, 2.24) is 14.8 Å². The zero-order valence-electron chi connectivity index (χ0n) is 18.8. The standard InChI is InChI=1S/C24H13F8N5/c1-21(2)12-6-3-5-10-16-18(25)17(24(30,31)32)20(26)33-19(16)22(35(10)12)14-9-11(23(27,28)29)34-37(14)15-8-4-7-13(21)36(15)22/h3-9H,1-2H3/q+2/t22-/m1/s1. The van der Waals surface area contributed by atoms with Crippen LogP contribution in [-0.4, -0.2) is 14.8 Å². The van der Waals surface area contributed by atoms with Crippen LogP contribution < -0.4 is 9.13 Å². The van der Waals surface area contributed by atoms with Crippen molar-refractivity contribution >= 4 is 0 Å². The molecule has 0 radical (unpaired) electrons. The molecule has 7 rings (SSSR count). The van der Waals surface area contributed by atoms with Crippen LogP contribution in [0.15, 0.2) is 42.5 Å². The van der Waals surface area contributed by atoms with Crippen molar-refractivity contribution in [3.8, 4) is 17.1 Å². The molecule has 4 aromatic rings. The fourth-order valence-electron chi connectivity index (χ4n) is 6.02. The number of alkyl halides is 6. The summed E-state index contributed by atoms with van der Waals surface area (Å²) < 4.78 is 117. The first kappa shape index (κ1) is 22.3. The van der Waals surface area contributed by atoms with Crippen LogP contribution in [-0.2, 0) is 23.4 Å². The van der Waals surface area contributed by atoms with Gasteiger partial charge in [-0.1, -0.05) is 15.8 Å². The van der Waals surface area contributed by atoms with Gasteiger partial charge in [-0.25, -0.2) is 9.37 Å². The van der Waals surface area contributed by atoms with Gasteiger partial charge in [-0.15, -0.1) is 4.57 Å². The Hall–Kier alpha value is -3.90. The summed E-state index contributed by atoms with van der Waals surface area (Å²) in [6.07, 6.45) is -10.3. The molecule has 188 valence electrons. The molecule has 0 aromatic carbocycles. The molecule has 3 aliphatic rings. The van der Waals surface area contributed by atoms with Crippen LogP contribution in [0.2, 0.25) is 0 Å². The number of fused-ring (bicyclic) bond motifs is 4. The summed E-state index contributed by atoms with van der Waals surface area (Å²) in [5.74, 6) is -3.85. The van der Waals surface area contributed by atoms with Crippen LogP contribution >= 0.6 is 0 Å². The number of rotatable bonds is 0. The van der Waals surface area contributed by atoms with E-state index in [1.165, 1.54) is 22.8 Å². The predicted octanol–water partition coefficient (Wildman–Crippen LogP) is 4.39. The number of aromatic nitrogens is 5. The van der Waals surface area contributed by atoms with E-state index in [1.54, 1.807) is 22.8 Å². The smallest absolute Gasteiger partial charge is 0.210 e. The van der Waals surface area contributed by atoms with Gasteiger partial charge in [-0.05, 0) is 26.0 Å². The lowest BCUT2D eigenvalue weighted by Gasteiger charge is -2.33. The van der Waals surface area contributed by atoms with Crippen molar-refractivity contribution < 1.29 is 44.3 Å². The molecule has 0 saturated heterocycles. The quantitative estimate of drug-likeness (QED) is 0.168. The van der Waals surface area contributed by atoms with E-state index in [0.29, 0.717) is 11.4 Å². The summed E-state index contributed by atoms with van der Waals surface area (Å²) in [5, 5.41) is 3.74. The molecule has 1 spiro atoms.